The molecule has 0 aliphatic heterocycles. The highest BCUT2D eigenvalue weighted by molar-refractivity contribution is 6.32. The van der Waals surface area contributed by atoms with Crippen molar-refractivity contribution in [2.75, 3.05) is 7.11 Å². The quantitative estimate of drug-likeness (QED) is 0.625. The maximum absolute atomic E-state index is 12.3. The third-order valence-corrected chi connectivity index (χ3v) is 4.92. The Labute approximate surface area is 174 Å². The molecule has 0 aliphatic rings. The molecule has 0 saturated carbocycles. The summed E-state index contributed by atoms with van der Waals surface area (Å²) < 4.78 is 16.1. The predicted octanol–water partition coefficient (Wildman–Crippen LogP) is 4.10. The van der Waals surface area contributed by atoms with Crippen LogP contribution in [0.1, 0.15) is 23.9 Å². The van der Waals surface area contributed by atoms with Gasteiger partial charge in [0.25, 0.3) is 5.91 Å². The number of carbonyl (C=O) groups is 1. The number of hydrogen-bond acceptors (Lipinski definition) is 6. The van der Waals surface area contributed by atoms with Crippen LogP contribution in [0, 0.1) is 13.8 Å². The molecule has 152 valence electrons. The summed E-state index contributed by atoms with van der Waals surface area (Å²) in [7, 11) is 1.60. The van der Waals surface area contributed by atoms with E-state index < -0.39 is 6.10 Å². The zero-order valence-electron chi connectivity index (χ0n) is 16.7. The first-order chi connectivity index (χ1) is 13.9. The molecule has 0 saturated heterocycles. The molecule has 0 fully saturated rings. The first-order valence-corrected chi connectivity index (χ1v) is 9.43. The zero-order chi connectivity index (χ0) is 21.0. The van der Waals surface area contributed by atoms with Crippen molar-refractivity contribution in [3.05, 3.63) is 58.4 Å². The third-order valence-electron chi connectivity index (χ3n) is 4.32. The highest BCUT2D eigenvalue weighted by Crippen LogP contribution is 2.26. The second-order valence-corrected chi connectivity index (χ2v) is 6.97. The van der Waals surface area contributed by atoms with Gasteiger partial charge in [-0.15, -0.1) is 0 Å². The van der Waals surface area contributed by atoms with Crippen molar-refractivity contribution in [2.45, 2.75) is 33.4 Å². The summed E-state index contributed by atoms with van der Waals surface area (Å²) in [5.74, 6) is 1.78. The fourth-order valence-electron chi connectivity index (χ4n) is 2.72. The number of ether oxygens (including phenoxy) is 2. The second-order valence-electron chi connectivity index (χ2n) is 6.59. The molecule has 0 radical (unpaired) electrons. The van der Waals surface area contributed by atoms with Crippen molar-refractivity contribution in [1.29, 1.82) is 0 Å². The lowest BCUT2D eigenvalue weighted by Gasteiger charge is -2.15. The minimum absolute atomic E-state index is 0.106. The number of aryl methyl sites for hydroxylation is 2. The maximum Gasteiger partial charge on any atom is 0.261 e. The van der Waals surface area contributed by atoms with Crippen molar-refractivity contribution >= 4 is 17.5 Å². The van der Waals surface area contributed by atoms with Crippen LogP contribution in [-0.4, -0.2) is 29.3 Å². The van der Waals surface area contributed by atoms with E-state index in [1.54, 1.807) is 26.2 Å². The highest BCUT2D eigenvalue weighted by atomic mass is 35.5. The van der Waals surface area contributed by atoms with E-state index in [-0.39, 0.29) is 12.5 Å². The van der Waals surface area contributed by atoms with E-state index >= 15 is 0 Å². The van der Waals surface area contributed by atoms with E-state index in [1.807, 2.05) is 38.1 Å². The summed E-state index contributed by atoms with van der Waals surface area (Å²) in [6, 6.07) is 10.9. The molecule has 1 N–H and O–H groups in total. The van der Waals surface area contributed by atoms with Gasteiger partial charge in [-0.05, 0) is 68.3 Å². The number of rotatable bonds is 7. The molecular weight excluding hydrogens is 394 g/mol. The fraction of sp³-hybridized carbons (Fsp3) is 0.286. The van der Waals surface area contributed by atoms with Gasteiger partial charge in [0.2, 0.25) is 11.7 Å². The molecule has 0 bridgehead atoms. The Hall–Kier alpha value is -3.06. The standard InChI is InChI=1S/C21H22ClN3O4/c1-12-9-17(10-13(2)19(12)22)28-14(3)21(26)23-11-18-24-20(25-29-18)15-5-7-16(27-4)8-6-15/h5-10,14H,11H2,1-4H3,(H,23,26). The summed E-state index contributed by atoms with van der Waals surface area (Å²) in [5, 5.41) is 7.37. The zero-order valence-corrected chi connectivity index (χ0v) is 17.4. The van der Waals surface area contributed by atoms with Crippen LogP contribution in [0.3, 0.4) is 0 Å². The average molecular weight is 416 g/mol. The molecule has 3 rings (SSSR count). The number of nitrogens with one attached hydrogen (secondary N) is 1. The smallest absolute Gasteiger partial charge is 0.261 e. The van der Waals surface area contributed by atoms with Crippen molar-refractivity contribution in [3.8, 4) is 22.9 Å². The second kappa shape index (κ2) is 8.96. The summed E-state index contributed by atoms with van der Waals surface area (Å²) >= 11 is 6.16. The Balaban J connectivity index is 1.57. The number of halogens is 1. The Morgan fingerprint density at radius 2 is 1.83 bits per heavy atom. The van der Waals surface area contributed by atoms with Gasteiger partial charge in [-0.25, -0.2) is 0 Å². The summed E-state index contributed by atoms with van der Waals surface area (Å²) in [6.45, 7) is 5.56. The Kier molecular flexibility index (Phi) is 6.39. The molecule has 8 heteroatoms. The first kappa shape index (κ1) is 20.7. The molecule has 1 atom stereocenters. The first-order valence-electron chi connectivity index (χ1n) is 9.05. The van der Waals surface area contributed by atoms with Gasteiger partial charge < -0.3 is 19.3 Å². The van der Waals surface area contributed by atoms with Gasteiger partial charge in [0, 0.05) is 10.6 Å². The number of carbonyl (C=O) groups excluding carboxylic acids is 1. The van der Waals surface area contributed by atoms with Crippen LogP contribution in [0.15, 0.2) is 40.9 Å². The van der Waals surface area contributed by atoms with E-state index in [4.69, 9.17) is 25.6 Å². The maximum atomic E-state index is 12.3. The van der Waals surface area contributed by atoms with Crippen LogP contribution in [0.25, 0.3) is 11.4 Å². The Morgan fingerprint density at radius 1 is 1.17 bits per heavy atom. The Bertz CT molecular complexity index is 978. The molecule has 2 aromatic carbocycles. The minimum Gasteiger partial charge on any atom is -0.497 e. The number of hydrogen-bond donors (Lipinski definition) is 1. The van der Waals surface area contributed by atoms with E-state index in [2.05, 4.69) is 15.5 Å². The fourth-order valence-corrected chi connectivity index (χ4v) is 2.83. The number of methoxy groups -OCH3 is 1. The van der Waals surface area contributed by atoms with Gasteiger partial charge in [-0.1, -0.05) is 16.8 Å². The molecular formula is C21H22ClN3O4. The predicted molar refractivity (Wildman–Crippen MR) is 109 cm³/mol. The molecule has 0 aliphatic carbocycles. The summed E-state index contributed by atoms with van der Waals surface area (Å²) in [4.78, 5) is 16.6. The van der Waals surface area contributed by atoms with Crippen molar-refractivity contribution in [1.82, 2.24) is 15.5 Å². The van der Waals surface area contributed by atoms with E-state index in [0.717, 1.165) is 22.4 Å². The van der Waals surface area contributed by atoms with Crippen LogP contribution in [0.2, 0.25) is 5.02 Å². The van der Waals surface area contributed by atoms with E-state index in [0.29, 0.717) is 22.5 Å². The van der Waals surface area contributed by atoms with Crippen LogP contribution in [-0.2, 0) is 11.3 Å². The van der Waals surface area contributed by atoms with E-state index in [1.165, 1.54) is 0 Å². The van der Waals surface area contributed by atoms with Crippen LogP contribution >= 0.6 is 11.6 Å². The van der Waals surface area contributed by atoms with Gasteiger partial charge in [0.15, 0.2) is 6.10 Å². The van der Waals surface area contributed by atoms with Gasteiger partial charge in [0.05, 0.1) is 13.7 Å². The lowest BCUT2D eigenvalue weighted by molar-refractivity contribution is -0.127. The number of nitrogens with zero attached hydrogens (tertiary/aromatic N) is 2. The van der Waals surface area contributed by atoms with Gasteiger partial charge in [-0.3, -0.25) is 4.79 Å². The molecule has 1 heterocycles. The average Bonchev–Trinajstić information content (AvgIpc) is 3.19. The molecule has 29 heavy (non-hydrogen) atoms. The molecule has 7 nitrogen and oxygen atoms in total. The lowest BCUT2D eigenvalue weighted by Crippen LogP contribution is -2.36. The topological polar surface area (TPSA) is 86.5 Å². The molecule has 1 unspecified atom stereocenters. The number of amides is 1. The van der Waals surface area contributed by atoms with Crippen LogP contribution in [0.5, 0.6) is 11.5 Å². The van der Waals surface area contributed by atoms with Crippen molar-refractivity contribution < 1.29 is 18.8 Å². The highest BCUT2D eigenvalue weighted by Gasteiger charge is 2.17. The lowest BCUT2D eigenvalue weighted by atomic mass is 10.1. The van der Waals surface area contributed by atoms with Crippen LogP contribution in [0.4, 0.5) is 0 Å². The SMILES string of the molecule is COc1ccc(-c2noc(CNC(=O)C(C)Oc3cc(C)c(Cl)c(C)c3)n2)cc1. The third kappa shape index (κ3) is 5.06. The molecule has 1 amide bonds. The van der Waals surface area contributed by atoms with Crippen molar-refractivity contribution in [3.63, 3.8) is 0 Å². The Morgan fingerprint density at radius 3 is 2.45 bits per heavy atom. The van der Waals surface area contributed by atoms with Gasteiger partial charge >= 0.3 is 0 Å². The molecule has 3 aromatic rings. The van der Waals surface area contributed by atoms with Gasteiger partial charge in [-0.2, -0.15) is 4.98 Å². The summed E-state index contributed by atoms with van der Waals surface area (Å²) in [6.07, 6.45) is -0.695. The van der Waals surface area contributed by atoms with Crippen molar-refractivity contribution in [2.24, 2.45) is 0 Å². The van der Waals surface area contributed by atoms with Crippen LogP contribution < -0.4 is 14.8 Å². The molecule has 1 aromatic heterocycles. The largest absolute Gasteiger partial charge is 0.497 e. The normalized spacial score (nSPS) is 11.8. The van der Waals surface area contributed by atoms with Gasteiger partial charge in [0.1, 0.15) is 11.5 Å². The molecule has 0 spiro atoms. The number of benzene rings is 2. The minimum atomic E-state index is -0.695. The summed E-state index contributed by atoms with van der Waals surface area (Å²) in [5.41, 5.74) is 2.58. The van der Waals surface area contributed by atoms with E-state index in [9.17, 15) is 4.79 Å². The monoisotopic (exact) mass is 415 g/mol. The number of aromatic nitrogens is 2.